The van der Waals surface area contributed by atoms with Gasteiger partial charge >= 0.3 is 5.97 Å². The average Bonchev–Trinajstić information content (AvgIpc) is 2.23. The molecule has 0 unspecified atom stereocenters. The van der Waals surface area contributed by atoms with Gasteiger partial charge in [0.15, 0.2) is 0 Å². The lowest BCUT2D eigenvalue weighted by molar-refractivity contribution is -0.137. The molecule has 0 fully saturated rings. The number of carboxylic acids is 1. The van der Waals surface area contributed by atoms with E-state index in [0.717, 1.165) is 4.47 Å². The Morgan fingerprint density at radius 2 is 2.06 bits per heavy atom. The normalized spacial score (nSPS) is 10.0. The molecule has 0 atom stereocenters. The molecule has 0 saturated heterocycles. The van der Waals surface area contributed by atoms with Crippen LogP contribution in [0, 0.1) is 0 Å². The molecule has 92 valence electrons. The van der Waals surface area contributed by atoms with Gasteiger partial charge in [-0.3, -0.25) is 9.59 Å². The minimum absolute atomic E-state index is 0.00544. The SMILES string of the molecule is O=C(O)CCCC(=O)Nc1ccc(Br)c(Cl)c1. The van der Waals surface area contributed by atoms with E-state index in [4.69, 9.17) is 16.7 Å². The van der Waals surface area contributed by atoms with Gasteiger partial charge in [-0.25, -0.2) is 0 Å². The predicted molar refractivity (Wildman–Crippen MR) is 69.3 cm³/mol. The van der Waals surface area contributed by atoms with Gasteiger partial charge < -0.3 is 10.4 Å². The van der Waals surface area contributed by atoms with Crippen LogP contribution in [0.15, 0.2) is 22.7 Å². The Bertz CT molecular complexity index is 437. The Kier molecular flexibility index (Phi) is 5.44. The van der Waals surface area contributed by atoms with Crippen LogP contribution in [0.3, 0.4) is 0 Å². The highest BCUT2D eigenvalue weighted by Crippen LogP contribution is 2.25. The lowest BCUT2D eigenvalue weighted by Crippen LogP contribution is -2.11. The van der Waals surface area contributed by atoms with Crippen LogP contribution in [0.2, 0.25) is 5.02 Å². The van der Waals surface area contributed by atoms with Crippen LogP contribution in [0.25, 0.3) is 0 Å². The molecule has 0 aliphatic rings. The summed E-state index contributed by atoms with van der Waals surface area (Å²) in [5.41, 5.74) is 0.596. The van der Waals surface area contributed by atoms with Crippen molar-refractivity contribution in [3.8, 4) is 0 Å². The molecule has 1 aromatic rings. The summed E-state index contributed by atoms with van der Waals surface area (Å²) in [4.78, 5) is 21.7. The number of hydrogen-bond donors (Lipinski definition) is 2. The van der Waals surface area contributed by atoms with E-state index in [1.165, 1.54) is 0 Å². The summed E-state index contributed by atoms with van der Waals surface area (Å²) in [5, 5.41) is 11.6. The van der Waals surface area contributed by atoms with Gasteiger partial charge in [0.05, 0.1) is 5.02 Å². The number of aliphatic carboxylic acids is 1. The number of halogens is 2. The lowest BCUT2D eigenvalue weighted by Gasteiger charge is -2.05. The first-order valence-corrected chi connectivity index (χ1v) is 6.13. The third-order valence-corrected chi connectivity index (χ3v) is 3.23. The zero-order valence-electron chi connectivity index (χ0n) is 8.87. The van der Waals surface area contributed by atoms with Gasteiger partial charge in [-0.05, 0) is 40.5 Å². The molecule has 2 N–H and O–H groups in total. The van der Waals surface area contributed by atoms with Gasteiger partial charge in [0.1, 0.15) is 0 Å². The number of benzene rings is 1. The number of nitrogens with one attached hydrogen (secondary N) is 1. The third-order valence-electron chi connectivity index (χ3n) is 2.00. The van der Waals surface area contributed by atoms with Crippen LogP contribution in [0.1, 0.15) is 19.3 Å². The first-order chi connectivity index (χ1) is 7.99. The fourth-order valence-corrected chi connectivity index (χ4v) is 1.62. The first-order valence-electron chi connectivity index (χ1n) is 4.95. The van der Waals surface area contributed by atoms with E-state index < -0.39 is 5.97 Å². The molecule has 0 spiro atoms. The van der Waals surface area contributed by atoms with Crippen LogP contribution in [-0.4, -0.2) is 17.0 Å². The van der Waals surface area contributed by atoms with E-state index in [-0.39, 0.29) is 18.7 Å². The molecule has 0 saturated carbocycles. The second-order valence-electron chi connectivity index (χ2n) is 3.42. The van der Waals surface area contributed by atoms with Gasteiger partial charge in [-0.1, -0.05) is 11.6 Å². The molecule has 0 heterocycles. The van der Waals surface area contributed by atoms with Crippen molar-refractivity contribution in [2.24, 2.45) is 0 Å². The number of amides is 1. The number of carbonyl (C=O) groups excluding carboxylic acids is 1. The molecule has 0 aliphatic heterocycles. The summed E-state index contributed by atoms with van der Waals surface area (Å²) in [5.74, 6) is -1.12. The zero-order valence-corrected chi connectivity index (χ0v) is 11.2. The predicted octanol–water partition coefficient (Wildman–Crippen LogP) is 3.30. The first kappa shape index (κ1) is 14.0. The third kappa shape index (κ3) is 5.19. The highest BCUT2D eigenvalue weighted by molar-refractivity contribution is 9.10. The van der Waals surface area contributed by atoms with Gasteiger partial charge in [-0.15, -0.1) is 0 Å². The van der Waals surface area contributed by atoms with Crippen LogP contribution >= 0.6 is 27.5 Å². The summed E-state index contributed by atoms with van der Waals surface area (Å²) in [7, 11) is 0. The summed E-state index contributed by atoms with van der Waals surface area (Å²) < 4.78 is 0.753. The van der Waals surface area contributed by atoms with Crippen molar-refractivity contribution in [3.05, 3.63) is 27.7 Å². The van der Waals surface area contributed by atoms with Crippen molar-refractivity contribution >= 4 is 45.1 Å². The summed E-state index contributed by atoms with van der Waals surface area (Å²) in [6, 6.07) is 5.07. The fourth-order valence-electron chi connectivity index (χ4n) is 1.20. The van der Waals surface area contributed by atoms with Gasteiger partial charge in [0.25, 0.3) is 0 Å². The maximum absolute atomic E-state index is 11.4. The number of rotatable bonds is 5. The Labute approximate surface area is 112 Å². The van der Waals surface area contributed by atoms with Crippen LogP contribution in [0.4, 0.5) is 5.69 Å². The largest absolute Gasteiger partial charge is 0.481 e. The summed E-state index contributed by atoms with van der Waals surface area (Å²) >= 11 is 9.11. The second-order valence-corrected chi connectivity index (χ2v) is 4.69. The van der Waals surface area contributed by atoms with E-state index in [0.29, 0.717) is 17.1 Å². The lowest BCUT2D eigenvalue weighted by atomic mass is 10.2. The Morgan fingerprint density at radius 1 is 1.35 bits per heavy atom. The quantitative estimate of drug-likeness (QED) is 0.875. The minimum atomic E-state index is -0.899. The fraction of sp³-hybridized carbons (Fsp3) is 0.273. The van der Waals surface area contributed by atoms with Gasteiger partial charge in [0.2, 0.25) is 5.91 Å². The van der Waals surface area contributed by atoms with E-state index in [2.05, 4.69) is 21.2 Å². The Hall–Kier alpha value is -1.07. The van der Waals surface area contributed by atoms with Crippen molar-refractivity contribution in [1.82, 2.24) is 0 Å². The molecule has 0 radical (unpaired) electrons. The summed E-state index contributed by atoms with van der Waals surface area (Å²) in [6.07, 6.45) is 0.500. The van der Waals surface area contributed by atoms with Gasteiger partial charge in [-0.2, -0.15) is 0 Å². The number of anilines is 1. The Balaban J connectivity index is 2.45. The highest BCUT2D eigenvalue weighted by atomic mass is 79.9. The summed E-state index contributed by atoms with van der Waals surface area (Å²) in [6.45, 7) is 0. The molecule has 0 aromatic heterocycles. The minimum Gasteiger partial charge on any atom is -0.481 e. The second kappa shape index (κ2) is 6.61. The maximum Gasteiger partial charge on any atom is 0.303 e. The van der Waals surface area contributed by atoms with E-state index >= 15 is 0 Å². The van der Waals surface area contributed by atoms with E-state index in [1.54, 1.807) is 18.2 Å². The smallest absolute Gasteiger partial charge is 0.303 e. The number of hydrogen-bond acceptors (Lipinski definition) is 2. The number of carbonyl (C=O) groups is 2. The van der Waals surface area contributed by atoms with Crippen molar-refractivity contribution in [2.45, 2.75) is 19.3 Å². The van der Waals surface area contributed by atoms with Crippen LogP contribution in [-0.2, 0) is 9.59 Å². The molecular formula is C11H11BrClNO3. The zero-order chi connectivity index (χ0) is 12.8. The molecule has 4 nitrogen and oxygen atoms in total. The van der Waals surface area contributed by atoms with Crippen LogP contribution < -0.4 is 5.32 Å². The number of carboxylic acid groups (broad SMARTS) is 1. The van der Waals surface area contributed by atoms with Crippen molar-refractivity contribution in [2.75, 3.05) is 5.32 Å². The van der Waals surface area contributed by atoms with Crippen molar-refractivity contribution in [1.29, 1.82) is 0 Å². The topological polar surface area (TPSA) is 66.4 Å². The Morgan fingerprint density at radius 3 is 2.65 bits per heavy atom. The standard InChI is InChI=1S/C11H11BrClNO3/c12-8-5-4-7(6-9(8)13)14-10(15)2-1-3-11(16)17/h4-6H,1-3H2,(H,14,15)(H,16,17). The maximum atomic E-state index is 11.4. The molecule has 0 aliphatic carbocycles. The molecule has 1 aromatic carbocycles. The monoisotopic (exact) mass is 319 g/mol. The van der Waals surface area contributed by atoms with Crippen molar-refractivity contribution in [3.63, 3.8) is 0 Å². The molecule has 0 bridgehead atoms. The van der Waals surface area contributed by atoms with Gasteiger partial charge in [0, 0.05) is 23.0 Å². The van der Waals surface area contributed by atoms with E-state index in [1.807, 2.05) is 0 Å². The van der Waals surface area contributed by atoms with Crippen LogP contribution in [0.5, 0.6) is 0 Å². The highest BCUT2D eigenvalue weighted by Gasteiger charge is 2.05. The molecular weight excluding hydrogens is 309 g/mol. The van der Waals surface area contributed by atoms with E-state index in [9.17, 15) is 9.59 Å². The molecule has 17 heavy (non-hydrogen) atoms. The van der Waals surface area contributed by atoms with Crippen molar-refractivity contribution < 1.29 is 14.7 Å². The molecule has 6 heteroatoms. The molecule has 1 rings (SSSR count). The average molecular weight is 321 g/mol. The molecule has 1 amide bonds.